The molecular formula is C3H4BrN3O2. The number of imide groups is 1. The van der Waals surface area contributed by atoms with Crippen molar-refractivity contribution in [1.29, 1.82) is 0 Å². The van der Waals surface area contributed by atoms with Gasteiger partial charge < -0.3 is 0 Å². The van der Waals surface area contributed by atoms with Crippen LogP contribution in [0.2, 0.25) is 0 Å². The van der Waals surface area contributed by atoms with Gasteiger partial charge in [-0.2, -0.15) is 0 Å². The Morgan fingerprint density at radius 2 is 2.11 bits per heavy atom. The van der Waals surface area contributed by atoms with Crippen molar-refractivity contribution in [3.63, 3.8) is 0 Å². The molecule has 6 heteroatoms. The summed E-state index contributed by atoms with van der Waals surface area (Å²) in [4.78, 5) is 20.3. The van der Waals surface area contributed by atoms with Crippen molar-refractivity contribution in [1.82, 2.24) is 16.2 Å². The van der Waals surface area contributed by atoms with Gasteiger partial charge in [0.2, 0.25) is 0 Å². The third-order valence-corrected chi connectivity index (χ3v) is 1.42. The molecule has 0 aromatic rings. The molecule has 1 fully saturated rings. The van der Waals surface area contributed by atoms with E-state index in [0.29, 0.717) is 0 Å². The first-order chi connectivity index (χ1) is 4.20. The molecule has 3 N–H and O–H groups in total. The molecule has 0 spiro atoms. The van der Waals surface area contributed by atoms with Crippen molar-refractivity contribution >= 4 is 27.9 Å². The highest BCUT2D eigenvalue weighted by atomic mass is 79.9. The summed E-state index contributed by atoms with van der Waals surface area (Å²) < 4.78 is 0. The first-order valence-electron chi connectivity index (χ1n) is 2.20. The van der Waals surface area contributed by atoms with Crippen LogP contribution in [0.5, 0.6) is 0 Å². The fourth-order valence-electron chi connectivity index (χ4n) is 0.401. The number of amides is 3. The topological polar surface area (TPSA) is 70.2 Å². The second kappa shape index (κ2) is 2.32. The highest BCUT2D eigenvalue weighted by Crippen LogP contribution is 1.94. The quantitative estimate of drug-likeness (QED) is 0.344. The zero-order valence-electron chi connectivity index (χ0n) is 4.27. The third-order valence-electron chi connectivity index (χ3n) is 0.779. The monoisotopic (exact) mass is 193 g/mol. The van der Waals surface area contributed by atoms with Gasteiger partial charge in [-0.3, -0.25) is 15.5 Å². The SMILES string of the molecule is O=C1NN[C@H](Br)C(=O)N1. The van der Waals surface area contributed by atoms with Crippen LogP contribution in [-0.2, 0) is 4.79 Å². The highest BCUT2D eigenvalue weighted by molar-refractivity contribution is 9.10. The van der Waals surface area contributed by atoms with Gasteiger partial charge in [0.1, 0.15) is 0 Å². The number of hydrogen-bond acceptors (Lipinski definition) is 3. The van der Waals surface area contributed by atoms with E-state index in [4.69, 9.17) is 0 Å². The number of rotatable bonds is 0. The lowest BCUT2D eigenvalue weighted by atomic mass is 10.6. The number of halogens is 1. The van der Waals surface area contributed by atoms with E-state index >= 15 is 0 Å². The Balaban J connectivity index is 2.54. The molecule has 1 aliphatic rings. The zero-order chi connectivity index (χ0) is 6.85. The van der Waals surface area contributed by atoms with E-state index in [-0.39, 0.29) is 0 Å². The van der Waals surface area contributed by atoms with Crippen LogP contribution in [0.3, 0.4) is 0 Å². The predicted octanol–water partition coefficient (Wildman–Crippen LogP) is -0.949. The zero-order valence-corrected chi connectivity index (χ0v) is 5.86. The molecule has 50 valence electrons. The maximum Gasteiger partial charge on any atom is 0.335 e. The van der Waals surface area contributed by atoms with Crippen LogP contribution in [-0.4, -0.2) is 16.9 Å². The summed E-state index contributed by atoms with van der Waals surface area (Å²) >= 11 is 2.94. The molecule has 3 amide bonds. The average molecular weight is 194 g/mol. The summed E-state index contributed by atoms with van der Waals surface area (Å²) in [6, 6.07) is -0.532. The van der Waals surface area contributed by atoms with Gasteiger partial charge in [-0.25, -0.2) is 10.2 Å². The molecule has 0 bridgehead atoms. The van der Waals surface area contributed by atoms with Crippen LogP contribution < -0.4 is 16.2 Å². The number of nitrogens with one attached hydrogen (secondary N) is 3. The molecule has 0 unspecified atom stereocenters. The van der Waals surface area contributed by atoms with Gasteiger partial charge in [0.05, 0.1) is 0 Å². The van der Waals surface area contributed by atoms with Crippen molar-refractivity contribution in [2.24, 2.45) is 0 Å². The number of carbonyl (C=O) groups excluding carboxylic acids is 2. The molecule has 0 aromatic carbocycles. The maximum atomic E-state index is 10.5. The van der Waals surface area contributed by atoms with Gasteiger partial charge in [0.15, 0.2) is 4.95 Å². The first-order valence-corrected chi connectivity index (χ1v) is 3.12. The van der Waals surface area contributed by atoms with Crippen LogP contribution >= 0.6 is 15.9 Å². The molecule has 1 rings (SSSR count). The molecule has 1 atom stereocenters. The van der Waals surface area contributed by atoms with Crippen molar-refractivity contribution < 1.29 is 9.59 Å². The molecular weight excluding hydrogens is 190 g/mol. The molecule has 9 heavy (non-hydrogen) atoms. The van der Waals surface area contributed by atoms with Gasteiger partial charge in [-0.05, 0) is 0 Å². The van der Waals surface area contributed by atoms with Crippen molar-refractivity contribution in [2.75, 3.05) is 0 Å². The average Bonchev–Trinajstić information content (AvgIpc) is 1.80. The van der Waals surface area contributed by atoms with Crippen LogP contribution in [0, 0.1) is 0 Å². The van der Waals surface area contributed by atoms with E-state index in [1.807, 2.05) is 5.32 Å². The van der Waals surface area contributed by atoms with Gasteiger partial charge in [0, 0.05) is 0 Å². The summed E-state index contributed by atoms with van der Waals surface area (Å²) in [5, 5.41) is 2.03. The van der Waals surface area contributed by atoms with E-state index < -0.39 is 16.9 Å². The van der Waals surface area contributed by atoms with Crippen molar-refractivity contribution in [2.45, 2.75) is 4.95 Å². The summed E-state index contributed by atoms with van der Waals surface area (Å²) in [5.41, 5.74) is 4.58. The van der Waals surface area contributed by atoms with Gasteiger partial charge in [-0.15, -0.1) is 0 Å². The van der Waals surface area contributed by atoms with E-state index in [2.05, 4.69) is 26.8 Å². The number of carbonyl (C=O) groups is 2. The lowest BCUT2D eigenvalue weighted by molar-refractivity contribution is -0.120. The largest absolute Gasteiger partial charge is 0.335 e. The van der Waals surface area contributed by atoms with Crippen LogP contribution in [0.25, 0.3) is 0 Å². The number of hydrogen-bond donors (Lipinski definition) is 3. The number of alkyl halides is 1. The Morgan fingerprint density at radius 3 is 2.56 bits per heavy atom. The van der Waals surface area contributed by atoms with Crippen LogP contribution in [0.1, 0.15) is 0 Å². The Labute approximate surface area is 59.3 Å². The molecule has 1 saturated heterocycles. The van der Waals surface area contributed by atoms with Crippen molar-refractivity contribution in [3.05, 3.63) is 0 Å². The molecule has 1 heterocycles. The normalized spacial score (nSPS) is 27.0. The smallest absolute Gasteiger partial charge is 0.275 e. The molecule has 0 radical (unpaired) electrons. The fraction of sp³-hybridized carbons (Fsp3) is 0.333. The molecule has 0 aliphatic carbocycles. The highest BCUT2D eigenvalue weighted by Gasteiger charge is 2.21. The number of urea groups is 1. The lowest BCUT2D eigenvalue weighted by Gasteiger charge is -2.17. The van der Waals surface area contributed by atoms with Crippen LogP contribution in [0.4, 0.5) is 4.79 Å². The Morgan fingerprint density at radius 1 is 1.44 bits per heavy atom. The second-order valence-corrected chi connectivity index (χ2v) is 2.37. The Hall–Kier alpha value is -0.620. The summed E-state index contributed by atoms with van der Waals surface area (Å²) in [5.74, 6) is -0.390. The van der Waals surface area contributed by atoms with Crippen LogP contribution in [0.15, 0.2) is 0 Å². The first kappa shape index (κ1) is 6.50. The second-order valence-electron chi connectivity index (χ2n) is 1.45. The molecule has 5 nitrogen and oxygen atoms in total. The van der Waals surface area contributed by atoms with Crippen molar-refractivity contribution in [3.8, 4) is 0 Å². The van der Waals surface area contributed by atoms with E-state index in [9.17, 15) is 9.59 Å². The fourth-order valence-corrected chi connectivity index (χ4v) is 0.630. The molecule has 0 saturated carbocycles. The van der Waals surface area contributed by atoms with Gasteiger partial charge in [0.25, 0.3) is 5.91 Å². The summed E-state index contributed by atoms with van der Waals surface area (Å²) in [6.45, 7) is 0. The minimum atomic E-state index is -0.532. The van der Waals surface area contributed by atoms with Gasteiger partial charge >= 0.3 is 6.03 Å². The third kappa shape index (κ3) is 1.39. The predicted molar refractivity (Wildman–Crippen MR) is 32.5 cm³/mol. The van der Waals surface area contributed by atoms with Gasteiger partial charge in [-0.1, -0.05) is 15.9 Å². The Kier molecular flexibility index (Phi) is 1.68. The maximum absolute atomic E-state index is 10.5. The van der Waals surface area contributed by atoms with E-state index in [1.54, 1.807) is 0 Å². The summed E-state index contributed by atoms with van der Waals surface area (Å²) in [6.07, 6.45) is 0. The molecule has 0 aromatic heterocycles. The minimum Gasteiger partial charge on any atom is -0.275 e. The summed E-state index contributed by atoms with van der Waals surface area (Å²) in [7, 11) is 0. The lowest BCUT2D eigenvalue weighted by Crippen LogP contribution is -2.60. The minimum absolute atomic E-state index is 0.390. The standard InChI is InChI=1S/C3H4BrN3O2/c4-1-2(8)5-3(9)7-6-1/h1,6H,(H2,5,7,8,9)/t1-/m0/s1. The number of hydrazine groups is 1. The molecule has 1 aliphatic heterocycles. The van der Waals surface area contributed by atoms with E-state index in [1.165, 1.54) is 0 Å². The Bertz CT molecular complexity index is 159. The van der Waals surface area contributed by atoms with E-state index in [0.717, 1.165) is 0 Å².